The molecule has 1 atom stereocenters. The van der Waals surface area contributed by atoms with Crippen molar-refractivity contribution in [1.29, 1.82) is 0 Å². The minimum atomic E-state index is 0.327. The molecule has 0 spiro atoms. The van der Waals surface area contributed by atoms with E-state index in [1.165, 1.54) is 5.56 Å². The highest BCUT2D eigenvalue weighted by molar-refractivity contribution is 9.10. The van der Waals surface area contributed by atoms with Crippen LogP contribution < -0.4 is 5.32 Å². The van der Waals surface area contributed by atoms with Crippen LogP contribution in [0, 0.1) is 0 Å². The first-order valence-corrected chi connectivity index (χ1v) is 5.78. The molecule has 1 N–H and O–H groups in total. The third-order valence-electron chi connectivity index (χ3n) is 2.18. The van der Waals surface area contributed by atoms with E-state index in [-0.39, 0.29) is 0 Å². The van der Waals surface area contributed by atoms with Crippen LogP contribution in [0.25, 0.3) is 0 Å². The molecule has 0 heterocycles. The number of benzene rings is 1. The van der Waals surface area contributed by atoms with E-state index in [2.05, 4.69) is 58.7 Å². The van der Waals surface area contributed by atoms with Crippen molar-refractivity contribution in [3.63, 3.8) is 0 Å². The second-order valence-corrected chi connectivity index (χ2v) is 4.24. The van der Waals surface area contributed by atoms with Gasteiger partial charge in [-0.3, -0.25) is 0 Å². The molecule has 1 rings (SSSR count). The summed E-state index contributed by atoms with van der Waals surface area (Å²) in [4.78, 5) is 0. The quantitative estimate of drug-likeness (QED) is 0.771. The lowest BCUT2D eigenvalue weighted by atomic mass is 10.0. The molecule has 0 aromatic heterocycles. The van der Waals surface area contributed by atoms with Crippen LogP contribution in [0.2, 0.25) is 0 Å². The molecule has 0 radical (unpaired) electrons. The lowest BCUT2D eigenvalue weighted by Gasteiger charge is -2.16. The van der Waals surface area contributed by atoms with Gasteiger partial charge in [-0.25, -0.2) is 0 Å². The minimum Gasteiger partial charge on any atom is -0.306 e. The fraction of sp³-hybridized carbons (Fsp3) is 0.231. The van der Waals surface area contributed by atoms with Crippen molar-refractivity contribution in [2.45, 2.75) is 12.5 Å². The fourth-order valence-corrected chi connectivity index (χ4v) is 1.69. The number of nitrogens with one attached hydrogen (secondary N) is 1. The van der Waals surface area contributed by atoms with Crippen molar-refractivity contribution < 1.29 is 0 Å². The summed E-state index contributed by atoms with van der Waals surface area (Å²) in [5.41, 5.74) is 1.28. The maximum atomic E-state index is 3.78. The molecule has 0 aliphatic carbocycles. The van der Waals surface area contributed by atoms with Crippen molar-refractivity contribution in [2.75, 3.05) is 6.54 Å². The third kappa shape index (κ3) is 4.02. The van der Waals surface area contributed by atoms with E-state index in [0.29, 0.717) is 6.04 Å². The van der Waals surface area contributed by atoms with Gasteiger partial charge in [0.1, 0.15) is 0 Å². The van der Waals surface area contributed by atoms with Gasteiger partial charge in [-0.05, 0) is 24.1 Å². The van der Waals surface area contributed by atoms with Crippen molar-refractivity contribution in [2.24, 2.45) is 0 Å². The van der Waals surface area contributed by atoms with Gasteiger partial charge in [-0.15, -0.1) is 13.2 Å². The molecule has 15 heavy (non-hydrogen) atoms. The van der Waals surface area contributed by atoms with E-state index in [9.17, 15) is 0 Å². The van der Waals surface area contributed by atoms with E-state index < -0.39 is 0 Å². The van der Waals surface area contributed by atoms with Crippen LogP contribution in [0.1, 0.15) is 18.0 Å². The Labute approximate surface area is 100 Å². The van der Waals surface area contributed by atoms with E-state index in [1.54, 1.807) is 0 Å². The topological polar surface area (TPSA) is 12.0 Å². The average Bonchev–Trinajstić information content (AvgIpc) is 2.25. The number of halogens is 1. The minimum absolute atomic E-state index is 0.327. The first-order valence-electron chi connectivity index (χ1n) is 4.98. The first-order chi connectivity index (χ1) is 7.27. The molecule has 0 unspecified atom stereocenters. The highest BCUT2D eigenvalue weighted by Gasteiger charge is 2.07. The fourth-order valence-electron chi connectivity index (χ4n) is 1.42. The standard InChI is InChI=1S/C13H16BrN/c1-3-5-13(15-10-4-2)11-6-8-12(14)9-7-11/h3-4,6-9,13,15H,1-2,5,10H2/t13-/m0/s1. The molecular formula is C13H16BrN. The monoisotopic (exact) mass is 265 g/mol. The summed E-state index contributed by atoms with van der Waals surface area (Å²) in [5.74, 6) is 0. The predicted molar refractivity (Wildman–Crippen MR) is 69.9 cm³/mol. The first kappa shape index (κ1) is 12.2. The Hall–Kier alpha value is -0.860. The van der Waals surface area contributed by atoms with Crippen LogP contribution in [0.5, 0.6) is 0 Å². The summed E-state index contributed by atoms with van der Waals surface area (Å²) in [5, 5.41) is 3.40. The summed E-state index contributed by atoms with van der Waals surface area (Å²) in [6, 6.07) is 8.68. The van der Waals surface area contributed by atoms with Crippen LogP contribution >= 0.6 is 15.9 Å². The Kier molecular flexibility index (Phi) is 5.37. The van der Waals surface area contributed by atoms with Crippen molar-refractivity contribution >= 4 is 15.9 Å². The second kappa shape index (κ2) is 6.59. The molecule has 0 amide bonds. The summed E-state index contributed by atoms with van der Waals surface area (Å²) < 4.78 is 1.10. The molecule has 2 heteroatoms. The molecule has 0 bridgehead atoms. The zero-order valence-electron chi connectivity index (χ0n) is 8.75. The molecule has 0 aliphatic heterocycles. The predicted octanol–water partition coefficient (Wildman–Crippen LogP) is 3.84. The summed E-state index contributed by atoms with van der Waals surface area (Å²) in [7, 11) is 0. The molecule has 0 aliphatic rings. The Bertz CT molecular complexity index is 316. The number of rotatable bonds is 6. The zero-order chi connectivity index (χ0) is 11.1. The molecule has 1 aromatic rings. The second-order valence-electron chi connectivity index (χ2n) is 3.33. The van der Waals surface area contributed by atoms with Gasteiger partial charge in [0.05, 0.1) is 0 Å². The van der Waals surface area contributed by atoms with Crippen molar-refractivity contribution in [3.05, 3.63) is 59.6 Å². The number of hydrogen-bond donors (Lipinski definition) is 1. The van der Waals surface area contributed by atoms with Crippen molar-refractivity contribution in [3.8, 4) is 0 Å². The largest absolute Gasteiger partial charge is 0.306 e. The van der Waals surface area contributed by atoms with Gasteiger partial charge < -0.3 is 5.32 Å². The summed E-state index contributed by atoms with van der Waals surface area (Å²) in [6.07, 6.45) is 4.73. The molecule has 1 aromatic carbocycles. The van der Waals surface area contributed by atoms with Gasteiger partial charge in [-0.2, -0.15) is 0 Å². The maximum Gasteiger partial charge on any atom is 0.0357 e. The summed E-state index contributed by atoms with van der Waals surface area (Å²) in [6.45, 7) is 8.30. The Morgan fingerprint density at radius 2 is 1.87 bits per heavy atom. The highest BCUT2D eigenvalue weighted by atomic mass is 79.9. The van der Waals surface area contributed by atoms with Crippen LogP contribution in [-0.4, -0.2) is 6.54 Å². The summed E-state index contributed by atoms with van der Waals surface area (Å²) >= 11 is 3.43. The number of hydrogen-bond acceptors (Lipinski definition) is 1. The third-order valence-corrected chi connectivity index (χ3v) is 2.71. The molecular weight excluding hydrogens is 250 g/mol. The van der Waals surface area contributed by atoms with E-state index in [1.807, 2.05) is 12.2 Å². The van der Waals surface area contributed by atoms with E-state index >= 15 is 0 Å². The zero-order valence-corrected chi connectivity index (χ0v) is 10.3. The smallest absolute Gasteiger partial charge is 0.0357 e. The lowest BCUT2D eigenvalue weighted by molar-refractivity contribution is 0.575. The van der Waals surface area contributed by atoms with Gasteiger partial charge >= 0.3 is 0 Å². The Morgan fingerprint density at radius 1 is 1.20 bits per heavy atom. The van der Waals surface area contributed by atoms with Crippen LogP contribution in [0.15, 0.2) is 54.0 Å². The van der Waals surface area contributed by atoms with Crippen LogP contribution in [-0.2, 0) is 0 Å². The SMILES string of the molecule is C=CCN[C@@H](CC=C)c1ccc(Br)cc1. The molecule has 0 fully saturated rings. The van der Waals surface area contributed by atoms with Gasteiger partial charge in [0.2, 0.25) is 0 Å². The molecule has 1 nitrogen and oxygen atoms in total. The van der Waals surface area contributed by atoms with Gasteiger partial charge in [0, 0.05) is 17.1 Å². The Morgan fingerprint density at radius 3 is 2.40 bits per heavy atom. The normalized spacial score (nSPS) is 12.1. The molecule has 80 valence electrons. The lowest BCUT2D eigenvalue weighted by Crippen LogP contribution is -2.20. The molecule has 0 saturated heterocycles. The van der Waals surface area contributed by atoms with Crippen LogP contribution in [0.4, 0.5) is 0 Å². The highest BCUT2D eigenvalue weighted by Crippen LogP contribution is 2.19. The Balaban J connectivity index is 2.73. The van der Waals surface area contributed by atoms with Gasteiger partial charge in [0.15, 0.2) is 0 Å². The van der Waals surface area contributed by atoms with Gasteiger partial charge in [0.25, 0.3) is 0 Å². The van der Waals surface area contributed by atoms with Gasteiger partial charge in [-0.1, -0.05) is 40.2 Å². The van der Waals surface area contributed by atoms with Crippen LogP contribution in [0.3, 0.4) is 0 Å². The average molecular weight is 266 g/mol. The van der Waals surface area contributed by atoms with E-state index in [0.717, 1.165) is 17.4 Å². The maximum absolute atomic E-state index is 3.78. The molecule has 0 saturated carbocycles. The van der Waals surface area contributed by atoms with E-state index in [4.69, 9.17) is 0 Å². The van der Waals surface area contributed by atoms with Crippen molar-refractivity contribution in [1.82, 2.24) is 5.32 Å².